The van der Waals surface area contributed by atoms with Crippen molar-refractivity contribution in [3.8, 4) is 0 Å². The van der Waals surface area contributed by atoms with E-state index in [1.807, 2.05) is 20.8 Å². The fourth-order valence-electron chi connectivity index (χ4n) is 2.21. The van der Waals surface area contributed by atoms with Crippen LogP contribution in [0.4, 0.5) is 4.79 Å². The normalized spacial score (nSPS) is 13.0. The smallest absolute Gasteiger partial charge is 0.408 e. The molecule has 1 aromatic rings. The Bertz CT molecular complexity index is 669. The van der Waals surface area contributed by atoms with E-state index in [0.29, 0.717) is 0 Å². The number of hydrogen-bond donors (Lipinski definition) is 1. The molecule has 1 rings (SSSR count). The van der Waals surface area contributed by atoms with E-state index < -0.39 is 29.1 Å². The average Bonchev–Trinajstić information content (AvgIpc) is 2.97. The van der Waals surface area contributed by atoms with Crippen LogP contribution in [0.1, 0.15) is 71.5 Å². The molecule has 0 aliphatic carbocycles. The van der Waals surface area contributed by atoms with Crippen molar-refractivity contribution in [2.75, 3.05) is 6.61 Å². The first kappa shape index (κ1) is 22.6. The summed E-state index contributed by atoms with van der Waals surface area (Å²) in [5.41, 5.74) is -1.18. The molecule has 27 heavy (non-hydrogen) atoms. The van der Waals surface area contributed by atoms with E-state index >= 15 is 0 Å². The Morgan fingerprint density at radius 2 is 1.74 bits per heavy atom. The lowest BCUT2D eigenvalue weighted by Gasteiger charge is -2.31. The van der Waals surface area contributed by atoms with Gasteiger partial charge in [-0.2, -0.15) is 0 Å². The van der Waals surface area contributed by atoms with Gasteiger partial charge < -0.3 is 19.2 Å². The molecule has 1 amide bonds. The number of ether oxygens (including phenoxy) is 2. The molecule has 0 aliphatic rings. The van der Waals surface area contributed by atoms with Gasteiger partial charge in [-0.15, -0.1) is 10.2 Å². The van der Waals surface area contributed by atoms with E-state index in [2.05, 4.69) is 15.5 Å². The number of carbonyl (C=O) groups is 3. The summed E-state index contributed by atoms with van der Waals surface area (Å²) in [7, 11) is 0. The Morgan fingerprint density at radius 3 is 2.26 bits per heavy atom. The molecule has 9 heteroatoms. The number of ketones is 1. The van der Waals surface area contributed by atoms with Gasteiger partial charge in [0.25, 0.3) is 0 Å². The third-order valence-electron chi connectivity index (χ3n) is 3.35. The number of aromatic nitrogens is 2. The van der Waals surface area contributed by atoms with Crippen molar-refractivity contribution in [1.29, 1.82) is 0 Å². The lowest BCUT2D eigenvalue weighted by Crippen LogP contribution is -2.50. The second-order valence-corrected chi connectivity index (χ2v) is 8.13. The van der Waals surface area contributed by atoms with Crippen molar-refractivity contribution in [1.82, 2.24) is 15.5 Å². The molecule has 152 valence electrons. The average molecular weight is 383 g/mol. The highest BCUT2D eigenvalue weighted by Crippen LogP contribution is 2.22. The van der Waals surface area contributed by atoms with Gasteiger partial charge in [-0.3, -0.25) is 4.79 Å². The minimum atomic E-state index is -0.750. The van der Waals surface area contributed by atoms with E-state index in [1.54, 1.807) is 27.7 Å². The number of carbonyl (C=O) groups excluding carboxylic acids is 3. The molecule has 1 N–H and O–H groups in total. The van der Waals surface area contributed by atoms with Gasteiger partial charge in [-0.1, -0.05) is 20.8 Å². The summed E-state index contributed by atoms with van der Waals surface area (Å²) in [6.45, 7) is 12.6. The first-order valence-electron chi connectivity index (χ1n) is 8.85. The Labute approximate surface area is 159 Å². The van der Waals surface area contributed by atoms with Gasteiger partial charge in [0.1, 0.15) is 5.60 Å². The van der Waals surface area contributed by atoms with E-state index in [0.717, 1.165) is 0 Å². The fourth-order valence-corrected chi connectivity index (χ4v) is 2.21. The summed E-state index contributed by atoms with van der Waals surface area (Å²) in [5.74, 6) is -1.01. The van der Waals surface area contributed by atoms with Crippen LogP contribution in [-0.2, 0) is 20.7 Å². The molecule has 0 aromatic carbocycles. The lowest BCUT2D eigenvalue weighted by molar-refractivity contribution is -0.123. The summed E-state index contributed by atoms with van der Waals surface area (Å²) in [6.07, 6.45) is -0.450. The molecular weight excluding hydrogens is 354 g/mol. The molecule has 0 saturated carbocycles. The van der Waals surface area contributed by atoms with Crippen LogP contribution >= 0.6 is 0 Å². The van der Waals surface area contributed by atoms with Crippen LogP contribution in [0, 0.1) is 5.41 Å². The van der Waals surface area contributed by atoms with Gasteiger partial charge in [-0.05, 0) is 33.1 Å². The monoisotopic (exact) mass is 383 g/mol. The first-order chi connectivity index (χ1) is 12.3. The topological polar surface area (TPSA) is 121 Å². The number of aryl methyl sites for hydroxylation is 1. The molecular formula is C18H29N3O6. The summed E-state index contributed by atoms with van der Waals surface area (Å²) >= 11 is 0. The highest BCUT2D eigenvalue weighted by molar-refractivity contribution is 5.88. The third-order valence-corrected chi connectivity index (χ3v) is 3.35. The fraction of sp³-hybridized carbons (Fsp3) is 0.722. The van der Waals surface area contributed by atoms with Crippen LogP contribution < -0.4 is 5.32 Å². The SMILES string of the molecule is CCOC(=O)c1nnc(CCC(=O)[C@@H](NC(=O)OC(C)(C)C)C(C)(C)C)o1. The van der Waals surface area contributed by atoms with Gasteiger partial charge in [0, 0.05) is 12.8 Å². The van der Waals surface area contributed by atoms with Gasteiger partial charge in [-0.25, -0.2) is 9.59 Å². The van der Waals surface area contributed by atoms with Gasteiger partial charge in [0.05, 0.1) is 12.6 Å². The van der Waals surface area contributed by atoms with Crippen molar-refractivity contribution < 1.29 is 28.3 Å². The van der Waals surface area contributed by atoms with Crippen LogP contribution in [0.25, 0.3) is 0 Å². The van der Waals surface area contributed by atoms with Crippen LogP contribution in [-0.4, -0.2) is 46.3 Å². The van der Waals surface area contributed by atoms with Gasteiger partial charge in [0.15, 0.2) is 5.78 Å². The van der Waals surface area contributed by atoms with E-state index in [1.165, 1.54) is 0 Å². The van der Waals surface area contributed by atoms with Crippen LogP contribution in [0.5, 0.6) is 0 Å². The van der Waals surface area contributed by atoms with Gasteiger partial charge in [0.2, 0.25) is 5.89 Å². The summed E-state index contributed by atoms with van der Waals surface area (Å²) in [5, 5.41) is 9.98. The number of esters is 1. The summed E-state index contributed by atoms with van der Waals surface area (Å²) in [4.78, 5) is 36.2. The standard InChI is InChI=1S/C18H29N3O6/c1-8-25-15(23)14-21-20-12(26-14)10-9-11(22)13(17(2,3)4)19-16(24)27-18(5,6)7/h13H,8-10H2,1-7H3,(H,19,24)/t13-/m1/s1. The maximum atomic E-state index is 12.7. The number of alkyl carbamates (subject to hydrolysis) is 1. The van der Waals surface area contributed by atoms with Gasteiger partial charge >= 0.3 is 18.0 Å². The second-order valence-electron chi connectivity index (χ2n) is 8.13. The molecule has 0 unspecified atom stereocenters. The zero-order valence-corrected chi connectivity index (χ0v) is 17.0. The largest absolute Gasteiger partial charge is 0.459 e. The van der Waals surface area contributed by atoms with Crippen LogP contribution in [0.2, 0.25) is 0 Å². The molecule has 1 atom stereocenters. The zero-order valence-electron chi connectivity index (χ0n) is 17.0. The predicted molar refractivity (Wildman–Crippen MR) is 96.2 cm³/mol. The minimum Gasteiger partial charge on any atom is -0.459 e. The Morgan fingerprint density at radius 1 is 1.11 bits per heavy atom. The molecule has 0 spiro atoms. The number of rotatable bonds is 7. The van der Waals surface area contributed by atoms with Crippen molar-refractivity contribution in [3.63, 3.8) is 0 Å². The maximum absolute atomic E-state index is 12.7. The van der Waals surface area contributed by atoms with Crippen molar-refractivity contribution in [2.45, 2.75) is 73.0 Å². The predicted octanol–water partition coefficient (Wildman–Crippen LogP) is 2.69. The highest BCUT2D eigenvalue weighted by atomic mass is 16.6. The molecule has 0 aliphatic heterocycles. The zero-order chi connectivity index (χ0) is 20.8. The van der Waals surface area contributed by atoms with Crippen LogP contribution in [0.3, 0.4) is 0 Å². The van der Waals surface area contributed by atoms with E-state index in [4.69, 9.17) is 13.9 Å². The minimum absolute atomic E-state index is 0.0577. The molecule has 0 fully saturated rings. The second kappa shape index (κ2) is 8.96. The van der Waals surface area contributed by atoms with E-state index in [-0.39, 0.29) is 37.0 Å². The quantitative estimate of drug-likeness (QED) is 0.713. The molecule has 0 saturated heterocycles. The molecule has 1 heterocycles. The van der Waals surface area contributed by atoms with Crippen LogP contribution in [0.15, 0.2) is 4.42 Å². The molecule has 0 bridgehead atoms. The van der Waals surface area contributed by atoms with E-state index in [9.17, 15) is 14.4 Å². The van der Waals surface area contributed by atoms with Crippen molar-refractivity contribution >= 4 is 17.8 Å². The third kappa shape index (κ3) is 7.76. The van der Waals surface area contributed by atoms with Crippen molar-refractivity contribution in [3.05, 3.63) is 11.8 Å². The molecule has 9 nitrogen and oxygen atoms in total. The maximum Gasteiger partial charge on any atom is 0.408 e. The Balaban J connectivity index is 2.72. The number of Topliss-reactive ketones (excluding diaryl/α,β-unsaturated/α-hetero) is 1. The summed E-state index contributed by atoms with van der Waals surface area (Å²) in [6, 6.07) is -0.750. The number of amides is 1. The Hall–Kier alpha value is -2.45. The number of nitrogens with zero attached hydrogens (tertiary/aromatic N) is 2. The number of hydrogen-bond acceptors (Lipinski definition) is 8. The number of nitrogens with one attached hydrogen (secondary N) is 1. The molecule has 0 radical (unpaired) electrons. The first-order valence-corrected chi connectivity index (χ1v) is 8.85. The molecule has 1 aromatic heterocycles. The van der Waals surface area contributed by atoms with Crippen molar-refractivity contribution in [2.24, 2.45) is 5.41 Å². The lowest BCUT2D eigenvalue weighted by atomic mass is 9.83. The Kier molecular flexibility index (Phi) is 7.50. The highest BCUT2D eigenvalue weighted by Gasteiger charge is 2.34. The summed E-state index contributed by atoms with van der Waals surface area (Å²) < 4.78 is 15.2.